The second kappa shape index (κ2) is 6.43. The lowest BCUT2D eigenvalue weighted by Gasteiger charge is -2.13. The molecule has 0 spiro atoms. The molecule has 5 heteroatoms. The average Bonchev–Trinajstić information content (AvgIpc) is 2.45. The van der Waals surface area contributed by atoms with Gasteiger partial charge in [-0.1, -0.05) is 0 Å². The third-order valence-corrected chi connectivity index (χ3v) is 3.05. The molecule has 2 aromatic rings. The number of rotatable bonds is 5. The van der Waals surface area contributed by atoms with Crippen molar-refractivity contribution in [3.05, 3.63) is 53.1 Å². The number of methoxy groups -OCH3 is 2. The van der Waals surface area contributed by atoms with E-state index in [-0.39, 0.29) is 12.4 Å². The molecule has 0 atom stereocenters. The first-order chi connectivity index (χ1) is 10.0. The van der Waals surface area contributed by atoms with E-state index in [4.69, 9.17) is 14.2 Å². The van der Waals surface area contributed by atoms with Crippen LogP contribution in [0.3, 0.4) is 0 Å². The fourth-order valence-electron chi connectivity index (χ4n) is 2.00. The summed E-state index contributed by atoms with van der Waals surface area (Å²) < 4.78 is 42.1. The highest BCUT2D eigenvalue weighted by Crippen LogP contribution is 2.30. The summed E-state index contributed by atoms with van der Waals surface area (Å²) in [5, 5.41) is 0. The SMILES string of the molecule is COc1cc(COc2cc(F)cc(F)c2)cc(OC)c1C. The molecule has 0 fully saturated rings. The van der Waals surface area contributed by atoms with Crippen molar-refractivity contribution in [2.75, 3.05) is 14.2 Å². The van der Waals surface area contributed by atoms with E-state index in [9.17, 15) is 8.78 Å². The molecule has 21 heavy (non-hydrogen) atoms. The molecule has 0 aliphatic heterocycles. The van der Waals surface area contributed by atoms with Gasteiger partial charge in [0.15, 0.2) is 0 Å². The minimum atomic E-state index is -0.677. The molecule has 0 N–H and O–H groups in total. The molecule has 0 radical (unpaired) electrons. The van der Waals surface area contributed by atoms with E-state index >= 15 is 0 Å². The second-order valence-corrected chi connectivity index (χ2v) is 4.52. The molecule has 0 bridgehead atoms. The Hall–Kier alpha value is -2.30. The summed E-state index contributed by atoms with van der Waals surface area (Å²) in [6, 6.07) is 6.66. The molecule has 0 heterocycles. The molecule has 2 aromatic carbocycles. The largest absolute Gasteiger partial charge is 0.496 e. The van der Waals surface area contributed by atoms with Crippen LogP contribution in [0.15, 0.2) is 30.3 Å². The van der Waals surface area contributed by atoms with Crippen LogP contribution < -0.4 is 14.2 Å². The lowest BCUT2D eigenvalue weighted by atomic mass is 10.1. The summed E-state index contributed by atoms with van der Waals surface area (Å²) >= 11 is 0. The maximum atomic E-state index is 13.1. The van der Waals surface area contributed by atoms with Crippen molar-refractivity contribution in [1.29, 1.82) is 0 Å². The smallest absolute Gasteiger partial charge is 0.129 e. The van der Waals surface area contributed by atoms with E-state index in [1.165, 1.54) is 0 Å². The Morgan fingerprint density at radius 1 is 0.857 bits per heavy atom. The summed E-state index contributed by atoms with van der Waals surface area (Å²) in [5.41, 5.74) is 1.65. The van der Waals surface area contributed by atoms with E-state index in [1.807, 2.05) is 6.92 Å². The zero-order chi connectivity index (χ0) is 15.4. The van der Waals surface area contributed by atoms with Crippen LogP contribution in [0.25, 0.3) is 0 Å². The van der Waals surface area contributed by atoms with Crippen LogP contribution in [0, 0.1) is 18.6 Å². The highest BCUT2D eigenvalue weighted by Gasteiger charge is 2.09. The predicted molar refractivity (Wildman–Crippen MR) is 75.0 cm³/mol. The Kier molecular flexibility index (Phi) is 4.62. The molecule has 3 nitrogen and oxygen atoms in total. The minimum absolute atomic E-state index is 0.131. The molecule has 112 valence electrons. The summed E-state index contributed by atoms with van der Waals surface area (Å²) in [5.74, 6) is 0.107. The van der Waals surface area contributed by atoms with Gasteiger partial charge < -0.3 is 14.2 Å². The highest BCUT2D eigenvalue weighted by atomic mass is 19.1. The maximum Gasteiger partial charge on any atom is 0.129 e. The molecule has 0 saturated heterocycles. The Morgan fingerprint density at radius 3 is 1.86 bits per heavy atom. The van der Waals surface area contributed by atoms with Crippen molar-refractivity contribution in [2.24, 2.45) is 0 Å². The minimum Gasteiger partial charge on any atom is -0.496 e. The monoisotopic (exact) mass is 294 g/mol. The van der Waals surface area contributed by atoms with Crippen molar-refractivity contribution < 1.29 is 23.0 Å². The predicted octanol–water partition coefficient (Wildman–Crippen LogP) is 3.87. The Labute approximate surface area is 122 Å². The van der Waals surface area contributed by atoms with Gasteiger partial charge in [-0.25, -0.2) is 8.78 Å². The van der Waals surface area contributed by atoms with Crippen molar-refractivity contribution in [1.82, 2.24) is 0 Å². The van der Waals surface area contributed by atoms with Crippen molar-refractivity contribution in [3.8, 4) is 17.2 Å². The summed E-state index contributed by atoms with van der Waals surface area (Å²) in [6.45, 7) is 2.03. The molecule has 0 amide bonds. The average molecular weight is 294 g/mol. The van der Waals surface area contributed by atoms with Gasteiger partial charge in [0.1, 0.15) is 35.5 Å². The van der Waals surface area contributed by atoms with Crippen LogP contribution in [-0.4, -0.2) is 14.2 Å². The van der Waals surface area contributed by atoms with E-state index in [2.05, 4.69) is 0 Å². The van der Waals surface area contributed by atoms with Gasteiger partial charge in [-0.05, 0) is 24.6 Å². The number of halogens is 2. The molecule has 2 rings (SSSR count). The third-order valence-electron chi connectivity index (χ3n) is 3.05. The quantitative estimate of drug-likeness (QED) is 0.838. The Balaban J connectivity index is 2.19. The van der Waals surface area contributed by atoms with Gasteiger partial charge >= 0.3 is 0 Å². The Bertz CT molecular complexity index is 596. The molecule has 0 aliphatic rings. The van der Waals surface area contributed by atoms with Crippen LogP contribution in [0.5, 0.6) is 17.2 Å². The van der Waals surface area contributed by atoms with Gasteiger partial charge in [0.2, 0.25) is 0 Å². The summed E-state index contributed by atoms with van der Waals surface area (Å²) in [7, 11) is 3.13. The molecule has 0 aliphatic carbocycles. The number of ether oxygens (including phenoxy) is 3. The van der Waals surface area contributed by atoms with Gasteiger partial charge in [0.25, 0.3) is 0 Å². The molecule has 0 unspecified atom stereocenters. The Morgan fingerprint density at radius 2 is 1.38 bits per heavy atom. The van der Waals surface area contributed by atoms with Crippen molar-refractivity contribution in [3.63, 3.8) is 0 Å². The molecule has 0 saturated carbocycles. The lowest BCUT2D eigenvalue weighted by molar-refractivity contribution is 0.300. The van der Waals surface area contributed by atoms with E-state index in [0.717, 1.165) is 29.3 Å². The van der Waals surface area contributed by atoms with Crippen LogP contribution >= 0.6 is 0 Å². The van der Waals surface area contributed by atoms with Crippen LogP contribution in [-0.2, 0) is 6.61 Å². The van der Waals surface area contributed by atoms with Crippen LogP contribution in [0.2, 0.25) is 0 Å². The first-order valence-electron chi connectivity index (χ1n) is 6.34. The number of benzene rings is 2. The molecular weight excluding hydrogens is 278 g/mol. The lowest BCUT2D eigenvalue weighted by Crippen LogP contribution is -2.00. The van der Waals surface area contributed by atoms with Gasteiger partial charge in [-0.3, -0.25) is 0 Å². The molecular formula is C16H16F2O3. The van der Waals surface area contributed by atoms with Gasteiger partial charge in [0, 0.05) is 23.8 Å². The second-order valence-electron chi connectivity index (χ2n) is 4.52. The van der Waals surface area contributed by atoms with E-state index in [1.54, 1.807) is 26.4 Å². The topological polar surface area (TPSA) is 27.7 Å². The molecule has 0 aromatic heterocycles. The van der Waals surface area contributed by atoms with E-state index < -0.39 is 11.6 Å². The van der Waals surface area contributed by atoms with Crippen molar-refractivity contribution >= 4 is 0 Å². The number of hydrogen-bond acceptors (Lipinski definition) is 3. The highest BCUT2D eigenvalue weighted by molar-refractivity contribution is 5.47. The first-order valence-corrected chi connectivity index (χ1v) is 6.34. The van der Waals surface area contributed by atoms with Gasteiger partial charge in [0.05, 0.1) is 14.2 Å². The standard InChI is InChI=1S/C16H16F2O3/c1-10-15(19-2)4-11(5-16(10)20-3)9-21-14-7-12(17)6-13(18)8-14/h4-8H,9H2,1-3H3. The first kappa shape index (κ1) is 15.1. The zero-order valence-corrected chi connectivity index (χ0v) is 12.1. The van der Waals surface area contributed by atoms with Gasteiger partial charge in [-0.15, -0.1) is 0 Å². The summed E-state index contributed by atoms with van der Waals surface area (Å²) in [4.78, 5) is 0. The third kappa shape index (κ3) is 3.62. The van der Waals surface area contributed by atoms with E-state index in [0.29, 0.717) is 11.5 Å². The fourth-order valence-corrected chi connectivity index (χ4v) is 2.00. The van der Waals surface area contributed by atoms with Gasteiger partial charge in [-0.2, -0.15) is 0 Å². The number of hydrogen-bond donors (Lipinski definition) is 0. The maximum absolute atomic E-state index is 13.1. The van der Waals surface area contributed by atoms with Crippen molar-refractivity contribution in [2.45, 2.75) is 13.5 Å². The summed E-state index contributed by atoms with van der Waals surface area (Å²) in [6.07, 6.45) is 0. The fraction of sp³-hybridized carbons (Fsp3) is 0.250. The van der Waals surface area contributed by atoms with Crippen LogP contribution in [0.1, 0.15) is 11.1 Å². The normalized spacial score (nSPS) is 10.3. The van der Waals surface area contributed by atoms with Crippen LogP contribution in [0.4, 0.5) is 8.78 Å². The zero-order valence-electron chi connectivity index (χ0n) is 12.1.